The average molecular weight is 211 g/mol. The van der Waals surface area contributed by atoms with Gasteiger partial charge in [-0.05, 0) is 23.3 Å². The molecule has 0 unspecified atom stereocenters. The van der Waals surface area contributed by atoms with Gasteiger partial charge in [-0.1, -0.05) is 6.07 Å². The zero-order valence-electron chi connectivity index (χ0n) is 9.37. The normalized spacial score (nSPS) is 10.3. The number of hydrogen-bond acceptors (Lipinski definition) is 4. The predicted octanol–water partition coefficient (Wildman–Crippen LogP) is 1.49. The molecule has 1 rings (SSSR count). The molecule has 0 aromatic heterocycles. The summed E-state index contributed by atoms with van der Waals surface area (Å²) in [6.07, 6.45) is 0. The quantitative estimate of drug-likeness (QED) is 0.724. The van der Waals surface area contributed by atoms with Crippen LogP contribution in [-0.2, 0) is 22.7 Å². The highest BCUT2D eigenvalue weighted by Gasteiger charge is 2.03. The molecule has 0 atom stereocenters. The molecular formula is C11H17NO3. The first-order chi connectivity index (χ1) is 7.31. The van der Waals surface area contributed by atoms with E-state index in [2.05, 4.69) is 5.48 Å². The standard InChI is InChI=1S/C11H17NO3/c1-13-8-9-4-5-11(14-2)6-10(9)7-12-15-3/h4-6,12H,7-8H2,1-3H3. The minimum absolute atomic E-state index is 0.588. The minimum Gasteiger partial charge on any atom is -0.497 e. The Hall–Kier alpha value is -1.10. The predicted molar refractivity (Wildman–Crippen MR) is 57.6 cm³/mol. The molecule has 0 fully saturated rings. The van der Waals surface area contributed by atoms with Crippen LogP contribution in [0.25, 0.3) is 0 Å². The van der Waals surface area contributed by atoms with E-state index in [1.54, 1.807) is 21.3 Å². The number of hydrogen-bond donors (Lipinski definition) is 1. The monoisotopic (exact) mass is 211 g/mol. The molecule has 0 saturated carbocycles. The molecule has 0 aliphatic rings. The summed E-state index contributed by atoms with van der Waals surface area (Å²) < 4.78 is 10.3. The second-order valence-electron chi connectivity index (χ2n) is 3.09. The summed E-state index contributed by atoms with van der Waals surface area (Å²) in [5, 5.41) is 0. The van der Waals surface area contributed by atoms with Crippen molar-refractivity contribution in [1.29, 1.82) is 0 Å². The van der Waals surface area contributed by atoms with E-state index in [-0.39, 0.29) is 0 Å². The molecule has 1 N–H and O–H groups in total. The minimum atomic E-state index is 0.588. The lowest BCUT2D eigenvalue weighted by Crippen LogP contribution is -2.12. The van der Waals surface area contributed by atoms with E-state index in [1.165, 1.54) is 0 Å². The van der Waals surface area contributed by atoms with Crippen molar-refractivity contribution >= 4 is 0 Å². The third-order valence-electron chi connectivity index (χ3n) is 2.12. The van der Waals surface area contributed by atoms with Gasteiger partial charge in [-0.25, -0.2) is 0 Å². The first-order valence-electron chi connectivity index (χ1n) is 4.72. The van der Waals surface area contributed by atoms with Gasteiger partial charge in [0.25, 0.3) is 0 Å². The maximum Gasteiger partial charge on any atom is 0.119 e. The van der Waals surface area contributed by atoms with Crippen molar-refractivity contribution in [3.8, 4) is 5.75 Å². The molecule has 4 nitrogen and oxygen atoms in total. The lowest BCUT2D eigenvalue weighted by atomic mass is 10.1. The Balaban J connectivity index is 2.83. The first kappa shape index (κ1) is 12.0. The lowest BCUT2D eigenvalue weighted by molar-refractivity contribution is 0.0859. The molecule has 15 heavy (non-hydrogen) atoms. The molecule has 0 bridgehead atoms. The molecular weight excluding hydrogens is 194 g/mol. The van der Waals surface area contributed by atoms with E-state index in [0.717, 1.165) is 16.9 Å². The Bertz CT molecular complexity index is 302. The van der Waals surface area contributed by atoms with Crippen LogP contribution in [0.3, 0.4) is 0 Å². The SMILES string of the molecule is COCc1ccc(OC)cc1CNOC. The zero-order valence-corrected chi connectivity index (χ0v) is 9.37. The third kappa shape index (κ3) is 3.51. The van der Waals surface area contributed by atoms with Crippen molar-refractivity contribution in [1.82, 2.24) is 5.48 Å². The Labute approximate surface area is 90.1 Å². The molecule has 0 radical (unpaired) electrons. The summed E-state index contributed by atoms with van der Waals surface area (Å²) in [6, 6.07) is 5.89. The number of ether oxygens (including phenoxy) is 2. The van der Waals surface area contributed by atoms with Crippen LogP contribution in [0.4, 0.5) is 0 Å². The zero-order chi connectivity index (χ0) is 11.1. The molecule has 1 aromatic carbocycles. The number of rotatable bonds is 6. The Kier molecular flexibility index (Phi) is 5.10. The fourth-order valence-corrected chi connectivity index (χ4v) is 1.34. The van der Waals surface area contributed by atoms with Gasteiger partial charge in [0.15, 0.2) is 0 Å². The molecule has 0 saturated heterocycles. The lowest BCUT2D eigenvalue weighted by Gasteiger charge is -2.10. The number of benzene rings is 1. The highest BCUT2D eigenvalue weighted by atomic mass is 16.6. The maximum atomic E-state index is 5.16. The smallest absolute Gasteiger partial charge is 0.119 e. The van der Waals surface area contributed by atoms with Gasteiger partial charge in [0.05, 0.1) is 20.8 Å². The van der Waals surface area contributed by atoms with Crippen LogP contribution in [0.15, 0.2) is 18.2 Å². The van der Waals surface area contributed by atoms with Crippen molar-refractivity contribution in [3.05, 3.63) is 29.3 Å². The van der Waals surface area contributed by atoms with Crippen LogP contribution in [0.1, 0.15) is 11.1 Å². The summed E-state index contributed by atoms with van der Waals surface area (Å²) >= 11 is 0. The summed E-state index contributed by atoms with van der Waals surface area (Å²) in [6.45, 7) is 1.22. The highest BCUT2D eigenvalue weighted by molar-refractivity contribution is 5.35. The van der Waals surface area contributed by atoms with Gasteiger partial charge in [-0.15, -0.1) is 0 Å². The molecule has 0 amide bonds. The average Bonchev–Trinajstić information content (AvgIpc) is 2.28. The van der Waals surface area contributed by atoms with Crippen LogP contribution in [-0.4, -0.2) is 21.3 Å². The van der Waals surface area contributed by atoms with Crippen molar-refractivity contribution in [2.45, 2.75) is 13.2 Å². The fraction of sp³-hybridized carbons (Fsp3) is 0.455. The first-order valence-corrected chi connectivity index (χ1v) is 4.72. The molecule has 0 aliphatic carbocycles. The Morgan fingerprint density at radius 3 is 2.53 bits per heavy atom. The highest BCUT2D eigenvalue weighted by Crippen LogP contribution is 2.18. The molecule has 0 aliphatic heterocycles. The maximum absolute atomic E-state index is 5.16. The van der Waals surface area contributed by atoms with Crippen LogP contribution in [0.5, 0.6) is 5.75 Å². The van der Waals surface area contributed by atoms with Gasteiger partial charge in [0.1, 0.15) is 5.75 Å². The number of nitrogens with one attached hydrogen (secondary N) is 1. The van der Waals surface area contributed by atoms with Crippen molar-refractivity contribution < 1.29 is 14.3 Å². The summed E-state index contributed by atoms with van der Waals surface area (Å²) in [7, 11) is 4.92. The van der Waals surface area contributed by atoms with Gasteiger partial charge in [-0.2, -0.15) is 5.48 Å². The van der Waals surface area contributed by atoms with Crippen molar-refractivity contribution in [3.63, 3.8) is 0 Å². The van der Waals surface area contributed by atoms with E-state index in [9.17, 15) is 0 Å². The number of hydroxylamine groups is 1. The van der Waals surface area contributed by atoms with Gasteiger partial charge in [-0.3, -0.25) is 0 Å². The van der Waals surface area contributed by atoms with Gasteiger partial charge in [0.2, 0.25) is 0 Å². The molecule has 0 heterocycles. The van der Waals surface area contributed by atoms with Crippen LogP contribution in [0.2, 0.25) is 0 Å². The van der Waals surface area contributed by atoms with Gasteiger partial charge >= 0.3 is 0 Å². The van der Waals surface area contributed by atoms with Crippen molar-refractivity contribution in [2.75, 3.05) is 21.3 Å². The van der Waals surface area contributed by atoms with Crippen molar-refractivity contribution in [2.24, 2.45) is 0 Å². The molecule has 0 spiro atoms. The second-order valence-corrected chi connectivity index (χ2v) is 3.09. The van der Waals surface area contributed by atoms with Crippen LogP contribution >= 0.6 is 0 Å². The fourth-order valence-electron chi connectivity index (χ4n) is 1.34. The van der Waals surface area contributed by atoms with Crippen LogP contribution < -0.4 is 10.2 Å². The Morgan fingerprint density at radius 1 is 1.13 bits per heavy atom. The molecule has 84 valence electrons. The topological polar surface area (TPSA) is 39.7 Å². The number of methoxy groups -OCH3 is 2. The summed E-state index contributed by atoms with van der Waals surface area (Å²) in [5.41, 5.74) is 5.04. The van der Waals surface area contributed by atoms with Gasteiger partial charge in [0, 0.05) is 13.7 Å². The van der Waals surface area contributed by atoms with E-state index in [4.69, 9.17) is 14.3 Å². The second kappa shape index (κ2) is 6.40. The largest absolute Gasteiger partial charge is 0.497 e. The van der Waals surface area contributed by atoms with E-state index < -0.39 is 0 Å². The molecule has 4 heteroatoms. The molecule has 1 aromatic rings. The van der Waals surface area contributed by atoms with E-state index in [1.807, 2.05) is 18.2 Å². The summed E-state index contributed by atoms with van der Waals surface area (Å²) in [4.78, 5) is 4.82. The third-order valence-corrected chi connectivity index (χ3v) is 2.12. The van der Waals surface area contributed by atoms with E-state index >= 15 is 0 Å². The Morgan fingerprint density at radius 2 is 1.93 bits per heavy atom. The summed E-state index contributed by atoms with van der Waals surface area (Å²) in [5.74, 6) is 0.836. The van der Waals surface area contributed by atoms with E-state index in [0.29, 0.717) is 13.2 Å². The van der Waals surface area contributed by atoms with Gasteiger partial charge < -0.3 is 14.3 Å². The van der Waals surface area contributed by atoms with Crippen LogP contribution in [0, 0.1) is 0 Å².